The number of halogens is 2. The summed E-state index contributed by atoms with van der Waals surface area (Å²) in [5.41, 5.74) is 9.47. The maximum Gasteiger partial charge on any atom is 0.231 e. The van der Waals surface area contributed by atoms with Gasteiger partial charge in [0.05, 0.1) is 17.3 Å². The first-order valence-corrected chi connectivity index (χ1v) is 8.59. The van der Waals surface area contributed by atoms with Gasteiger partial charge in [0.15, 0.2) is 0 Å². The van der Waals surface area contributed by atoms with Crippen molar-refractivity contribution >= 4 is 42.1 Å². The number of hydrogen-bond donors (Lipinski definition) is 1. The van der Waals surface area contributed by atoms with E-state index in [2.05, 4.69) is 17.9 Å². The average Bonchev–Trinajstić information content (AvgIpc) is 2.66. The highest BCUT2D eigenvalue weighted by molar-refractivity contribution is 5.99. The van der Waals surface area contributed by atoms with E-state index in [1.54, 1.807) is 0 Å². The number of rotatable bonds is 4. The third kappa shape index (κ3) is 4.32. The van der Waals surface area contributed by atoms with Crippen LogP contribution in [0.5, 0.6) is 0 Å². The van der Waals surface area contributed by atoms with E-state index in [0.717, 1.165) is 30.0 Å². The number of nitrogens with two attached hydrogens (primary N) is 1. The van der Waals surface area contributed by atoms with Gasteiger partial charge in [-0.3, -0.25) is 4.79 Å². The molecule has 2 atom stereocenters. The van der Waals surface area contributed by atoms with Crippen molar-refractivity contribution in [3.63, 3.8) is 0 Å². The van der Waals surface area contributed by atoms with Crippen molar-refractivity contribution in [2.24, 2.45) is 11.7 Å². The van der Waals surface area contributed by atoms with Gasteiger partial charge < -0.3 is 15.5 Å². The van der Waals surface area contributed by atoms with E-state index in [4.69, 9.17) is 5.73 Å². The van der Waals surface area contributed by atoms with Crippen LogP contribution in [-0.4, -0.2) is 25.5 Å². The van der Waals surface area contributed by atoms with Gasteiger partial charge in [-0.25, -0.2) is 0 Å². The first-order valence-electron chi connectivity index (χ1n) is 8.59. The second-order valence-electron chi connectivity index (χ2n) is 6.28. The molecule has 4 nitrogen and oxygen atoms in total. The predicted octanol–water partition coefficient (Wildman–Crippen LogP) is 4.04. The number of anilines is 2. The fourth-order valence-electron chi connectivity index (χ4n) is 3.34. The zero-order valence-corrected chi connectivity index (χ0v) is 16.8. The van der Waals surface area contributed by atoms with Gasteiger partial charge >= 0.3 is 0 Å². The second-order valence-corrected chi connectivity index (χ2v) is 6.28. The molecule has 1 amide bonds. The van der Waals surface area contributed by atoms with Gasteiger partial charge in [0, 0.05) is 25.7 Å². The maximum atomic E-state index is 13.1. The Morgan fingerprint density at radius 2 is 1.58 bits per heavy atom. The van der Waals surface area contributed by atoms with Gasteiger partial charge in [-0.2, -0.15) is 0 Å². The molecule has 2 aromatic carbocycles. The summed E-state index contributed by atoms with van der Waals surface area (Å²) in [5, 5.41) is 0. The van der Waals surface area contributed by atoms with E-state index in [-0.39, 0.29) is 42.7 Å². The quantitative estimate of drug-likeness (QED) is 0.849. The lowest BCUT2D eigenvalue weighted by atomic mass is 9.93. The molecule has 2 N–H and O–H groups in total. The minimum atomic E-state index is -0.296. The highest BCUT2D eigenvalue weighted by Gasteiger charge is 2.31. The van der Waals surface area contributed by atoms with Gasteiger partial charge in [-0.1, -0.05) is 49.4 Å². The Morgan fingerprint density at radius 1 is 1.00 bits per heavy atom. The number of benzene rings is 2. The molecule has 6 heteroatoms. The molecule has 142 valence electrons. The molecule has 1 heterocycles. The molecular weight excluding hydrogens is 369 g/mol. The molecule has 2 aromatic rings. The summed E-state index contributed by atoms with van der Waals surface area (Å²) < 4.78 is 0. The molecular formula is C20H27Cl2N3O. The van der Waals surface area contributed by atoms with Crippen molar-refractivity contribution in [2.45, 2.75) is 19.9 Å². The Morgan fingerprint density at radius 3 is 2.19 bits per heavy atom. The van der Waals surface area contributed by atoms with E-state index in [1.807, 2.05) is 60.4 Å². The minimum absolute atomic E-state index is 0. The van der Waals surface area contributed by atoms with Crippen molar-refractivity contribution in [1.29, 1.82) is 0 Å². The summed E-state index contributed by atoms with van der Waals surface area (Å²) in [6.45, 7) is 6.57. The van der Waals surface area contributed by atoms with Gasteiger partial charge in [0.2, 0.25) is 5.91 Å². The van der Waals surface area contributed by atoms with E-state index in [9.17, 15) is 4.79 Å². The molecule has 0 fully saturated rings. The van der Waals surface area contributed by atoms with E-state index < -0.39 is 0 Å². The molecule has 0 spiro atoms. The monoisotopic (exact) mass is 395 g/mol. The molecule has 2 unspecified atom stereocenters. The zero-order valence-electron chi connectivity index (χ0n) is 15.2. The molecule has 1 aliphatic heterocycles. The number of fused-ring (bicyclic) bond motifs is 1. The summed E-state index contributed by atoms with van der Waals surface area (Å²) in [4.78, 5) is 17.3. The van der Waals surface area contributed by atoms with Gasteiger partial charge in [-0.15, -0.1) is 24.8 Å². The van der Waals surface area contributed by atoms with Crippen molar-refractivity contribution in [1.82, 2.24) is 0 Å². The Hall–Kier alpha value is -1.75. The summed E-state index contributed by atoms with van der Waals surface area (Å²) >= 11 is 0. The van der Waals surface area contributed by atoms with Crippen LogP contribution >= 0.6 is 24.8 Å². The van der Waals surface area contributed by atoms with Crippen LogP contribution in [0.4, 0.5) is 11.4 Å². The Balaban J connectivity index is 0.00000169. The Kier molecular flexibility index (Phi) is 8.41. The second kappa shape index (κ2) is 9.81. The average molecular weight is 396 g/mol. The lowest BCUT2D eigenvalue weighted by Gasteiger charge is -2.38. The lowest BCUT2D eigenvalue weighted by molar-refractivity contribution is -0.122. The molecule has 0 bridgehead atoms. The van der Waals surface area contributed by atoms with Crippen molar-refractivity contribution in [2.75, 3.05) is 29.4 Å². The third-order valence-corrected chi connectivity index (χ3v) is 4.87. The first-order chi connectivity index (χ1) is 11.6. The number of nitrogens with zero attached hydrogens (tertiary/aromatic N) is 2. The number of para-hydroxylation sites is 2. The molecule has 0 aliphatic carbocycles. The van der Waals surface area contributed by atoms with Gasteiger partial charge in [-0.05, 0) is 24.6 Å². The molecule has 0 saturated heterocycles. The largest absolute Gasteiger partial charge is 0.368 e. The number of likely N-dealkylation sites (N-methyl/N-ethyl adjacent to an activating group) is 1. The molecule has 0 aromatic heterocycles. The first kappa shape index (κ1) is 22.3. The summed E-state index contributed by atoms with van der Waals surface area (Å²) in [5.74, 6) is -0.178. The molecule has 26 heavy (non-hydrogen) atoms. The normalized spacial score (nSPS) is 15.2. The van der Waals surface area contributed by atoms with Gasteiger partial charge in [0.1, 0.15) is 0 Å². The van der Waals surface area contributed by atoms with Gasteiger partial charge in [0.25, 0.3) is 0 Å². The molecule has 0 saturated carbocycles. The third-order valence-electron chi connectivity index (χ3n) is 4.87. The lowest BCUT2D eigenvalue weighted by Crippen LogP contribution is -2.47. The Bertz CT molecular complexity index is 711. The topological polar surface area (TPSA) is 49.6 Å². The highest BCUT2D eigenvalue weighted by Crippen LogP contribution is 2.34. The number of carbonyl (C=O) groups is 1. The number of hydrogen-bond acceptors (Lipinski definition) is 3. The zero-order chi connectivity index (χ0) is 17.1. The van der Waals surface area contributed by atoms with Crippen LogP contribution in [-0.2, 0) is 4.79 Å². The van der Waals surface area contributed by atoms with Crippen LogP contribution in [0.15, 0.2) is 54.6 Å². The highest BCUT2D eigenvalue weighted by atomic mass is 35.5. The summed E-state index contributed by atoms with van der Waals surface area (Å²) in [6, 6.07) is 17.7. The van der Waals surface area contributed by atoms with Crippen LogP contribution in [0.1, 0.15) is 25.5 Å². The van der Waals surface area contributed by atoms with E-state index >= 15 is 0 Å². The SMILES string of the molecule is CCN1CCN(C(=O)C(C)C(N)c2ccccc2)c2ccccc21.Cl.Cl. The number of amides is 1. The van der Waals surface area contributed by atoms with Crippen LogP contribution < -0.4 is 15.5 Å². The van der Waals surface area contributed by atoms with Crippen LogP contribution in [0, 0.1) is 5.92 Å². The van der Waals surface area contributed by atoms with Crippen molar-refractivity contribution in [3.8, 4) is 0 Å². The molecule has 3 rings (SSSR count). The number of carbonyl (C=O) groups excluding carboxylic acids is 1. The minimum Gasteiger partial charge on any atom is -0.368 e. The van der Waals surface area contributed by atoms with Crippen LogP contribution in [0.2, 0.25) is 0 Å². The molecule has 1 aliphatic rings. The maximum absolute atomic E-state index is 13.1. The van der Waals surface area contributed by atoms with E-state index in [0.29, 0.717) is 6.54 Å². The van der Waals surface area contributed by atoms with Crippen molar-refractivity contribution in [3.05, 3.63) is 60.2 Å². The van der Waals surface area contributed by atoms with Crippen LogP contribution in [0.25, 0.3) is 0 Å². The fraction of sp³-hybridized carbons (Fsp3) is 0.350. The predicted molar refractivity (Wildman–Crippen MR) is 114 cm³/mol. The fourth-order valence-corrected chi connectivity index (χ4v) is 3.34. The summed E-state index contributed by atoms with van der Waals surface area (Å²) in [7, 11) is 0. The van der Waals surface area contributed by atoms with E-state index in [1.165, 1.54) is 0 Å². The smallest absolute Gasteiger partial charge is 0.231 e. The van der Waals surface area contributed by atoms with Crippen LogP contribution in [0.3, 0.4) is 0 Å². The summed E-state index contributed by atoms with van der Waals surface area (Å²) in [6.07, 6.45) is 0. The standard InChI is InChI=1S/C20H25N3O.2ClH/c1-3-22-13-14-23(18-12-8-7-11-17(18)22)20(24)15(2)19(21)16-9-5-4-6-10-16;;/h4-12,15,19H,3,13-14,21H2,1-2H3;2*1H. The Labute approximate surface area is 168 Å². The van der Waals surface area contributed by atoms with Crippen molar-refractivity contribution < 1.29 is 4.79 Å². The molecule has 0 radical (unpaired) electrons.